The molecule has 1 fully saturated rings. The number of nitrogens with zero attached hydrogens (tertiary/aromatic N) is 1. The van der Waals surface area contributed by atoms with Gasteiger partial charge in [-0.3, -0.25) is 9.36 Å². The van der Waals surface area contributed by atoms with Gasteiger partial charge in [-0.2, -0.15) is 0 Å². The molecule has 0 amide bonds. The fourth-order valence-electron chi connectivity index (χ4n) is 2.46. The highest BCUT2D eigenvalue weighted by Gasteiger charge is 2.43. The van der Waals surface area contributed by atoms with Gasteiger partial charge in [0.05, 0.1) is 19.0 Å². The number of carboxylic acids is 1. The molecule has 1 aliphatic rings. The van der Waals surface area contributed by atoms with Gasteiger partial charge < -0.3 is 14.4 Å². The zero-order valence-corrected chi connectivity index (χ0v) is 13.4. The van der Waals surface area contributed by atoms with Gasteiger partial charge in [0.1, 0.15) is 11.8 Å². The zero-order chi connectivity index (χ0) is 16.2. The Bertz CT molecular complexity index is 586. The van der Waals surface area contributed by atoms with Crippen molar-refractivity contribution in [2.24, 2.45) is 0 Å². The Balaban J connectivity index is 2.39. The molecule has 1 aromatic rings. The molecule has 1 saturated heterocycles. The Morgan fingerprint density at radius 1 is 1.55 bits per heavy atom. The summed E-state index contributed by atoms with van der Waals surface area (Å²) in [6.45, 7) is 4.34. The van der Waals surface area contributed by atoms with Gasteiger partial charge in [0.15, 0.2) is 0 Å². The molecule has 1 N–H and O–H groups in total. The number of ether oxygens (including phenoxy) is 1. The fraction of sp³-hybridized carbons (Fsp3) is 0.400. The lowest BCUT2D eigenvalue weighted by Gasteiger charge is -2.38. The van der Waals surface area contributed by atoms with Crippen LogP contribution in [-0.2, 0) is 13.9 Å². The normalized spacial score (nSPS) is 23.7. The van der Waals surface area contributed by atoms with Crippen molar-refractivity contribution in [2.75, 3.05) is 20.3 Å². The first-order valence-electron chi connectivity index (χ1n) is 7.03. The zero-order valence-electron chi connectivity index (χ0n) is 12.5. The predicted octanol–water partition coefficient (Wildman–Crippen LogP) is 2.27. The van der Waals surface area contributed by atoms with Crippen molar-refractivity contribution in [1.82, 2.24) is 4.67 Å². The van der Waals surface area contributed by atoms with Crippen LogP contribution in [0.1, 0.15) is 12.8 Å². The number of carbonyl (C=O) groups is 1. The molecule has 2 atom stereocenters. The highest BCUT2D eigenvalue weighted by atomic mass is 31.2. The van der Waals surface area contributed by atoms with E-state index in [2.05, 4.69) is 6.58 Å². The van der Waals surface area contributed by atoms with E-state index in [1.54, 1.807) is 31.4 Å². The molecule has 120 valence electrons. The van der Waals surface area contributed by atoms with Gasteiger partial charge in [-0.25, -0.2) is 4.67 Å². The van der Waals surface area contributed by atoms with Crippen molar-refractivity contribution in [3.63, 3.8) is 0 Å². The Kier molecular flexibility index (Phi) is 5.40. The fourth-order valence-corrected chi connectivity index (χ4v) is 4.92. The standard InChI is InChI=1S/C15H20NO5P/c1-3-5-14(15(17)18)16-10-4-11-21-22(16,19)13-8-6-12(20-2)7-9-13/h3,6-9,14H,1,4-5,10-11H2,2H3,(H,17,18). The lowest BCUT2D eigenvalue weighted by molar-refractivity contribution is -0.141. The molecule has 0 saturated carbocycles. The Morgan fingerprint density at radius 2 is 2.23 bits per heavy atom. The van der Waals surface area contributed by atoms with Crippen LogP contribution in [0.2, 0.25) is 0 Å². The average Bonchev–Trinajstić information content (AvgIpc) is 2.53. The third kappa shape index (κ3) is 3.24. The first-order chi connectivity index (χ1) is 10.5. The van der Waals surface area contributed by atoms with Crippen molar-refractivity contribution >= 4 is 18.8 Å². The Hall–Kier alpha value is -1.62. The van der Waals surface area contributed by atoms with E-state index < -0.39 is 19.5 Å². The maximum Gasteiger partial charge on any atom is 0.321 e. The molecule has 2 unspecified atom stereocenters. The van der Waals surface area contributed by atoms with Crippen LogP contribution in [0, 0.1) is 0 Å². The van der Waals surface area contributed by atoms with E-state index in [9.17, 15) is 14.5 Å². The summed E-state index contributed by atoms with van der Waals surface area (Å²) in [5.74, 6) is -0.390. The molecule has 0 radical (unpaired) electrons. The SMILES string of the molecule is C=CCC(C(=O)O)N1CCCOP1(=O)c1ccc(OC)cc1. The van der Waals surface area contributed by atoms with Crippen molar-refractivity contribution in [3.05, 3.63) is 36.9 Å². The van der Waals surface area contributed by atoms with Crippen LogP contribution in [0.25, 0.3) is 0 Å². The molecule has 1 aromatic carbocycles. The monoisotopic (exact) mass is 325 g/mol. The summed E-state index contributed by atoms with van der Waals surface area (Å²) < 4.78 is 25.5. The molecule has 1 aliphatic heterocycles. The van der Waals surface area contributed by atoms with Gasteiger partial charge in [-0.1, -0.05) is 6.08 Å². The number of carboxylic acid groups (broad SMARTS) is 1. The predicted molar refractivity (Wildman–Crippen MR) is 83.7 cm³/mol. The van der Waals surface area contributed by atoms with Gasteiger partial charge in [-0.15, -0.1) is 6.58 Å². The first-order valence-corrected chi connectivity index (χ1v) is 8.60. The summed E-state index contributed by atoms with van der Waals surface area (Å²) in [5, 5.41) is 9.91. The van der Waals surface area contributed by atoms with Crippen molar-refractivity contribution in [1.29, 1.82) is 0 Å². The van der Waals surface area contributed by atoms with Crippen LogP contribution < -0.4 is 10.0 Å². The van der Waals surface area contributed by atoms with Crippen LogP contribution in [0.15, 0.2) is 36.9 Å². The van der Waals surface area contributed by atoms with E-state index in [4.69, 9.17) is 9.26 Å². The maximum absolute atomic E-state index is 13.4. The summed E-state index contributed by atoms with van der Waals surface area (Å²) in [7, 11) is -1.85. The molecule has 6 nitrogen and oxygen atoms in total. The number of methoxy groups -OCH3 is 1. The number of hydrogen-bond donors (Lipinski definition) is 1. The molecule has 7 heteroatoms. The molecular weight excluding hydrogens is 305 g/mol. The summed E-state index contributed by atoms with van der Waals surface area (Å²) in [5.41, 5.74) is 0. The number of benzene rings is 1. The molecule has 22 heavy (non-hydrogen) atoms. The summed E-state index contributed by atoms with van der Waals surface area (Å²) in [6.07, 6.45) is 2.37. The minimum absolute atomic E-state index is 0.207. The molecule has 1 heterocycles. The van der Waals surface area contributed by atoms with Gasteiger partial charge in [0.2, 0.25) is 0 Å². The van der Waals surface area contributed by atoms with Gasteiger partial charge in [0.25, 0.3) is 0 Å². The van der Waals surface area contributed by atoms with E-state index in [1.807, 2.05) is 0 Å². The minimum atomic E-state index is -3.40. The smallest absolute Gasteiger partial charge is 0.321 e. The minimum Gasteiger partial charge on any atom is -0.497 e. The van der Waals surface area contributed by atoms with Crippen LogP contribution >= 0.6 is 7.52 Å². The van der Waals surface area contributed by atoms with Gasteiger partial charge in [-0.05, 0) is 37.1 Å². The van der Waals surface area contributed by atoms with Crippen LogP contribution in [0.5, 0.6) is 5.75 Å². The van der Waals surface area contributed by atoms with Crippen molar-refractivity contribution in [3.8, 4) is 5.75 Å². The highest BCUT2D eigenvalue weighted by Crippen LogP contribution is 2.53. The second kappa shape index (κ2) is 7.09. The Morgan fingerprint density at radius 3 is 2.77 bits per heavy atom. The quantitative estimate of drug-likeness (QED) is 0.639. The largest absolute Gasteiger partial charge is 0.497 e. The lowest BCUT2D eigenvalue weighted by Crippen LogP contribution is -2.44. The van der Waals surface area contributed by atoms with Crippen LogP contribution in [0.3, 0.4) is 0 Å². The summed E-state index contributed by atoms with van der Waals surface area (Å²) in [6, 6.07) is 5.78. The van der Waals surface area contributed by atoms with Gasteiger partial charge in [0, 0.05) is 6.54 Å². The second-order valence-corrected chi connectivity index (χ2v) is 7.28. The number of aliphatic carboxylic acids is 1. The van der Waals surface area contributed by atoms with Crippen LogP contribution in [0.4, 0.5) is 0 Å². The number of rotatable bonds is 6. The molecule has 0 spiro atoms. The third-order valence-electron chi connectivity index (χ3n) is 3.57. The first kappa shape index (κ1) is 16.7. The topological polar surface area (TPSA) is 76.1 Å². The van der Waals surface area contributed by atoms with E-state index >= 15 is 0 Å². The third-order valence-corrected chi connectivity index (χ3v) is 6.21. The summed E-state index contributed by atoms with van der Waals surface area (Å²) >= 11 is 0. The highest BCUT2D eigenvalue weighted by molar-refractivity contribution is 7.64. The average molecular weight is 325 g/mol. The molecule has 0 aromatic heterocycles. The molecule has 2 rings (SSSR count). The van der Waals surface area contributed by atoms with E-state index in [0.717, 1.165) is 0 Å². The van der Waals surface area contributed by atoms with Gasteiger partial charge >= 0.3 is 13.5 Å². The van der Waals surface area contributed by atoms with E-state index in [0.29, 0.717) is 30.6 Å². The van der Waals surface area contributed by atoms with Crippen molar-refractivity contribution < 1.29 is 23.7 Å². The van der Waals surface area contributed by atoms with Crippen LogP contribution in [-0.4, -0.2) is 42.0 Å². The number of hydrogen-bond acceptors (Lipinski definition) is 4. The second-order valence-electron chi connectivity index (χ2n) is 4.95. The maximum atomic E-state index is 13.4. The molecule has 0 aliphatic carbocycles. The van der Waals surface area contributed by atoms with E-state index in [-0.39, 0.29) is 6.42 Å². The summed E-state index contributed by atoms with van der Waals surface area (Å²) in [4.78, 5) is 11.5. The Labute approximate surface area is 129 Å². The van der Waals surface area contributed by atoms with Crippen molar-refractivity contribution in [2.45, 2.75) is 18.9 Å². The lowest BCUT2D eigenvalue weighted by atomic mass is 10.2. The molecular formula is C15H20NO5P. The van der Waals surface area contributed by atoms with E-state index in [1.165, 1.54) is 10.7 Å². The molecule has 0 bridgehead atoms.